The van der Waals surface area contributed by atoms with E-state index < -0.39 is 0 Å². The van der Waals surface area contributed by atoms with E-state index in [0.717, 1.165) is 26.2 Å². The predicted molar refractivity (Wildman–Crippen MR) is 114 cm³/mol. The zero-order chi connectivity index (χ0) is 20.1. The van der Waals surface area contributed by atoms with E-state index in [1.165, 1.54) is 11.1 Å². The highest BCUT2D eigenvalue weighted by atomic mass is 16.5. The average Bonchev–Trinajstić information content (AvgIpc) is 2.80. The molecule has 1 saturated heterocycles. The third-order valence-electron chi connectivity index (χ3n) is 5.43. The molecule has 0 bridgehead atoms. The highest BCUT2D eigenvalue weighted by Crippen LogP contribution is 2.31. The number of rotatable bonds is 5. The number of piperazine rings is 1. The van der Waals surface area contributed by atoms with Crippen LogP contribution in [0.1, 0.15) is 22.7 Å². The highest BCUT2D eigenvalue weighted by molar-refractivity contribution is 5.60. The summed E-state index contributed by atoms with van der Waals surface area (Å²) in [5.41, 5.74) is 3.10. The minimum Gasteiger partial charge on any atom is -0.495 e. The van der Waals surface area contributed by atoms with Gasteiger partial charge in [-0.05, 0) is 17.2 Å². The van der Waals surface area contributed by atoms with Crippen LogP contribution >= 0.6 is 0 Å². The van der Waals surface area contributed by atoms with Crippen molar-refractivity contribution in [2.24, 2.45) is 0 Å². The van der Waals surface area contributed by atoms with Gasteiger partial charge >= 0.3 is 0 Å². The Kier molecular flexibility index (Phi) is 5.73. The molecule has 146 valence electrons. The van der Waals surface area contributed by atoms with Gasteiger partial charge in [-0.3, -0.25) is 4.90 Å². The SMILES string of the molecule is COc1ccnc(N2CCN(C(c3ccccc3)c3ccccc3)CC2)c1C#N. The standard InChI is InChI=1S/C24H24N4O/c1-29-22-12-13-26-24(21(22)18-25)28-16-14-27(15-17-28)23(19-8-4-2-5-9-19)20-10-6-3-7-11-20/h2-13,23H,14-17H2,1H3. The van der Waals surface area contributed by atoms with Crippen LogP contribution < -0.4 is 9.64 Å². The molecule has 1 aliphatic heterocycles. The molecule has 0 saturated carbocycles. The van der Waals surface area contributed by atoms with Gasteiger partial charge in [0.2, 0.25) is 0 Å². The molecule has 1 aromatic heterocycles. The smallest absolute Gasteiger partial charge is 0.150 e. The van der Waals surface area contributed by atoms with Crippen molar-refractivity contribution < 1.29 is 4.74 Å². The van der Waals surface area contributed by atoms with Crippen LogP contribution in [0, 0.1) is 11.3 Å². The van der Waals surface area contributed by atoms with Crippen LogP contribution in [0.4, 0.5) is 5.82 Å². The minimum absolute atomic E-state index is 0.216. The molecular formula is C24H24N4O. The molecule has 0 radical (unpaired) electrons. The van der Waals surface area contributed by atoms with E-state index in [-0.39, 0.29) is 6.04 Å². The number of hydrogen-bond acceptors (Lipinski definition) is 5. The topological polar surface area (TPSA) is 52.4 Å². The monoisotopic (exact) mass is 384 g/mol. The first kappa shape index (κ1) is 19.0. The third kappa shape index (κ3) is 3.94. The number of hydrogen-bond donors (Lipinski definition) is 0. The van der Waals surface area contributed by atoms with Crippen molar-refractivity contribution in [2.45, 2.75) is 6.04 Å². The van der Waals surface area contributed by atoms with Gasteiger partial charge in [0.25, 0.3) is 0 Å². The largest absolute Gasteiger partial charge is 0.495 e. The summed E-state index contributed by atoms with van der Waals surface area (Å²) in [6, 6.07) is 25.5. The minimum atomic E-state index is 0.216. The second kappa shape index (κ2) is 8.76. The Hall–Kier alpha value is -3.36. The Bertz CT molecular complexity index is 937. The Morgan fingerprint density at radius 3 is 2.00 bits per heavy atom. The summed E-state index contributed by atoms with van der Waals surface area (Å²) in [5.74, 6) is 1.29. The Labute approximate surface area is 171 Å². The Morgan fingerprint density at radius 2 is 1.48 bits per heavy atom. The maximum atomic E-state index is 9.59. The van der Waals surface area contributed by atoms with Crippen molar-refractivity contribution in [1.82, 2.24) is 9.88 Å². The second-order valence-electron chi connectivity index (χ2n) is 7.07. The van der Waals surface area contributed by atoms with Gasteiger partial charge in [-0.2, -0.15) is 5.26 Å². The van der Waals surface area contributed by atoms with Crippen LogP contribution in [0.3, 0.4) is 0 Å². The van der Waals surface area contributed by atoms with Gasteiger partial charge in [-0.25, -0.2) is 4.98 Å². The van der Waals surface area contributed by atoms with Crippen molar-refractivity contribution in [2.75, 3.05) is 38.2 Å². The number of nitrogens with zero attached hydrogens (tertiary/aromatic N) is 4. The third-order valence-corrected chi connectivity index (χ3v) is 5.43. The van der Waals surface area contributed by atoms with Crippen molar-refractivity contribution in [3.05, 3.63) is 89.6 Å². The first-order valence-corrected chi connectivity index (χ1v) is 9.84. The van der Waals surface area contributed by atoms with Crippen LogP contribution in [-0.2, 0) is 0 Å². The van der Waals surface area contributed by atoms with E-state index in [9.17, 15) is 5.26 Å². The highest BCUT2D eigenvalue weighted by Gasteiger charge is 2.28. The molecule has 0 atom stereocenters. The van der Waals surface area contributed by atoms with Crippen molar-refractivity contribution in [3.8, 4) is 11.8 Å². The Balaban J connectivity index is 1.57. The second-order valence-corrected chi connectivity index (χ2v) is 7.07. The normalized spacial score (nSPS) is 14.6. The lowest BCUT2D eigenvalue weighted by Gasteiger charge is -2.40. The predicted octanol–water partition coefficient (Wildman–Crippen LogP) is 3.87. The van der Waals surface area contributed by atoms with Gasteiger partial charge < -0.3 is 9.64 Å². The van der Waals surface area contributed by atoms with E-state index in [1.807, 2.05) is 0 Å². The van der Waals surface area contributed by atoms with Crippen molar-refractivity contribution in [1.29, 1.82) is 5.26 Å². The number of anilines is 1. The molecule has 29 heavy (non-hydrogen) atoms. The van der Waals surface area contributed by atoms with Crippen LogP contribution in [0.5, 0.6) is 5.75 Å². The molecule has 0 spiro atoms. The number of aromatic nitrogens is 1. The summed E-state index contributed by atoms with van der Waals surface area (Å²) in [5, 5.41) is 9.59. The van der Waals surface area contributed by atoms with E-state index in [2.05, 4.69) is 81.5 Å². The van der Waals surface area contributed by atoms with Gasteiger partial charge in [0, 0.05) is 32.4 Å². The van der Waals surface area contributed by atoms with Gasteiger partial charge in [0.1, 0.15) is 23.2 Å². The lowest BCUT2D eigenvalue weighted by atomic mass is 9.96. The van der Waals surface area contributed by atoms with Crippen LogP contribution in [-0.4, -0.2) is 43.2 Å². The number of ether oxygens (including phenoxy) is 1. The van der Waals surface area contributed by atoms with Gasteiger partial charge in [0.05, 0.1) is 13.2 Å². The summed E-state index contributed by atoms with van der Waals surface area (Å²) in [6.45, 7) is 3.40. The molecule has 2 heterocycles. The molecule has 5 heteroatoms. The zero-order valence-corrected chi connectivity index (χ0v) is 16.5. The molecule has 1 aliphatic rings. The summed E-state index contributed by atoms with van der Waals surface area (Å²) in [6.07, 6.45) is 1.71. The maximum absolute atomic E-state index is 9.59. The summed E-state index contributed by atoms with van der Waals surface area (Å²) >= 11 is 0. The Morgan fingerprint density at radius 1 is 0.897 bits per heavy atom. The molecule has 0 aliphatic carbocycles. The molecular weight excluding hydrogens is 360 g/mol. The summed E-state index contributed by atoms with van der Waals surface area (Å²) in [7, 11) is 1.59. The number of pyridine rings is 1. The van der Waals surface area contributed by atoms with Crippen molar-refractivity contribution in [3.63, 3.8) is 0 Å². The lowest BCUT2D eigenvalue weighted by Crippen LogP contribution is -2.48. The van der Waals surface area contributed by atoms with E-state index in [1.54, 1.807) is 19.4 Å². The first-order chi connectivity index (χ1) is 14.3. The van der Waals surface area contributed by atoms with Crippen LogP contribution in [0.25, 0.3) is 0 Å². The van der Waals surface area contributed by atoms with Gasteiger partial charge in [-0.15, -0.1) is 0 Å². The lowest BCUT2D eigenvalue weighted by molar-refractivity contribution is 0.212. The quantitative estimate of drug-likeness (QED) is 0.668. The maximum Gasteiger partial charge on any atom is 0.150 e. The average molecular weight is 384 g/mol. The van der Waals surface area contributed by atoms with E-state index in [0.29, 0.717) is 17.1 Å². The van der Waals surface area contributed by atoms with Crippen molar-refractivity contribution >= 4 is 5.82 Å². The molecule has 5 nitrogen and oxygen atoms in total. The van der Waals surface area contributed by atoms with Crippen LogP contribution in [0.15, 0.2) is 72.9 Å². The summed E-state index contributed by atoms with van der Waals surface area (Å²) < 4.78 is 5.34. The van der Waals surface area contributed by atoms with Gasteiger partial charge in [-0.1, -0.05) is 60.7 Å². The molecule has 0 N–H and O–H groups in total. The fourth-order valence-corrected chi connectivity index (χ4v) is 4.03. The number of nitriles is 1. The molecule has 2 aromatic carbocycles. The first-order valence-electron chi connectivity index (χ1n) is 9.84. The molecule has 0 unspecified atom stereocenters. The van der Waals surface area contributed by atoms with Crippen LogP contribution in [0.2, 0.25) is 0 Å². The molecule has 4 rings (SSSR count). The summed E-state index contributed by atoms with van der Waals surface area (Å²) in [4.78, 5) is 9.17. The molecule has 3 aromatic rings. The molecule has 0 amide bonds. The van der Waals surface area contributed by atoms with E-state index >= 15 is 0 Å². The van der Waals surface area contributed by atoms with Gasteiger partial charge in [0.15, 0.2) is 0 Å². The fourth-order valence-electron chi connectivity index (χ4n) is 4.03. The van der Waals surface area contributed by atoms with E-state index in [4.69, 9.17) is 4.74 Å². The number of methoxy groups -OCH3 is 1. The molecule has 1 fully saturated rings. The fraction of sp³-hybridized carbons (Fsp3) is 0.250. The number of benzene rings is 2. The zero-order valence-electron chi connectivity index (χ0n) is 16.5.